The monoisotopic (exact) mass is 403 g/mol. The number of benzene rings is 1. The predicted molar refractivity (Wildman–Crippen MR) is 104 cm³/mol. The van der Waals surface area contributed by atoms with Crippen LogP contribution in [-0.2, 0) is 4.74 Å². The van der Waals surface area contributed by atoms with Crippen molar-refractivity contribution in [3.05, 3.63) is 46.5 Å². The van der Waals surface area contributed by atoms with Gasteiger partial charge in [0, 0.05) is 30.3 Å². The summed E-state index contributed by atoms with van der Waals surface area (Å²) in [5.41, 5.74) is 1.92. The third-order valence-corrected chi connectivity index (χ3v) is 5.03. The molecule has 1 aliphatic heterocycles. The summed E-state index contributed by atoms with van der Waals surface area (Å²) < 4.78 is 21.8. The second-order valence-corrected chi connectivity index (χ2v) is 7.11. The van der Waals surface area contributed by atoms with Crippen LogP contribution in [0.15, 0.2) is 24.5 Å². The quantitative estimate of drug-likeness (QED) is 0.699. The molecule has 3 heterocycles. The van der Waals surface area contributed by atoms with Crippen LogP contribution in [0.5, 0.6) is 0 Å². The van der Waals surface area contributed by atoms with Gasteiger partial charge in [0.2, 0.25) is 0 Å². The van der Waals surface area contributed by atoms with Gasteiger partial charge in [-0.2, -0.15) is 5.10 Å². The molecular formula is C19H19ClFN5O2. The molecule has 146 valence electrons. The zero-order chi connectivity index (χ0) is 19.8. The third kappa shape index (κ3) is 3.29. The summed E-state index contributed by atoms with van der Waals surface area (Å²) in [7, 11) is 1.53. The summed E-state index contributed by atoms with van der Waals surface area (Å²) in [4.78, 5) is 16.6. The first-order chi connectivity index (χ1) is 13.5. The second-order valence-electron chi connectivity index (χ2n) is 6.70. The number of aromatic nitrogens is 3. The molecule has 2 N–H and O–H groups in total. The van der Waals surface area contributed by atoms with E-state index in [1.165, 1.54) is 29.9 Å². The van der Waals surface area contributed by atoms with Gasteiger partial charge in [-0.05, 0) is 31.0 Å². The zero-order valence-corrected chi connectivity index (χ0v) is 16.2. The van der Waals surface area contributed by atoms with Crippen molar-refractivity contribution in [2.75, 3.05) is 25.6 Å². The van der Waals surface area contributed by atoms with Gasteiger partial charge in [0.1, 0.15) is 16.7 Å². The number of ether oxygens (including phenoxy) is 1. The Hall–Kier alpha value is -2.71. The van der Waals surface area contributed by atoms with Crippen molar-refractivity contribution in [1.82, 2.24) is 19.9 Å². The molecule has 4 rings (SSSR count). The van der Waals surface area contributed by atoms with Crippen LogP contribution >= 0.6 is 11.6 Å². The Balaban J connectivity index is 1.83. The molecular weight excluding hydrogens is 385 g/mol. The molecule has 0 unspecified atom stereocenters. The van der Waals surface area contributed by atoms with E-state index < -0.39 is 5.82 Å². The molecule has 0 radical (unpaired) electrons. The number of fused-ring (bicyclic) bond motifs is 1. The highest BCUT2D eigenvalue weighted by Gasteiger charge is 2.21. The Kier molecular flexibility index (Phi) is 4.91. The standard InChI is InChI=1S/C19H19ClFN5O2/c1-10-5-11(19(27)22-2)6-13(16(10)21)14-7-23-26-8-15(20)17(25-18(14)26)24-12-3-4-28-9-12/h5-8,12H,3-4,9H2,1-2H3,(H,22,27)(H,24,25)/t12-/m0/s1. The zero-order valence-electron chi connectivity index (χ0n) is 15.4. The lowest BCUT2D eigenvalue weighted by Gasteiger charge is -2.13. The summed E-state index contributed by atoms with van der Waals surface area (Å²) in [6, 6.07) is 3.14. The first kappa shape index (κ1) is 18.6. The average molecular weight is 404 g/mol. The van der Waals surface area contributed by atoms with E-state index in [0.29, 0.717) is 46.4 Å². The maximum atomic E-state index is 14.9. The third-order valence-electron chi connectivity index (χ3n) is 4.75. The van der Waals surface area contributed by atoms with Crippen LogP contribution in [0, 0.1) is 12.7 Å². The number of carbonyl (C=O) groups is 1. The fourth-order valence-corrected chi connectivity index (χ4v) is 3.45. The lowest BCUT2D eigenvalue weighted by molar-refractivity contribution is 0.0963. The summed E-state index contributed by atoms with van der Waals surface area (Å²) in [5, 5.41) is 10.5. The molecule has 0 saturated carbocycles. The van der Waals surface area contributed by atoms with E-state index in [1.54, 1.807) is 13.1 Å². The fraction of sp³-hybridized carbons (Fsp3) is 0.316. The maximum absolute atomic E-state index is 14.9. The van der Waals surface area contributed by atoms with Gasteiger partial charge in [0.15, 0.2) is 5.65 Å². The molecule has 2 aromatic heterocycles. The van der Waals surface area contributed by atoms with Crippen LogP contribution < -0.4 is 10.6 Å². The van der Waals surface area contributed by atoms with E-state index in [-0.39, 0.29) is 17.5 Å². The van der Waals surface area contributed by atoms with Crippen LogP contribution in [0.3, 0.4) is 0 Å². The summed E-state index contributed by atoms with van der Waals surface area (Å²) >= 11 is 6.33. The number of nitrogens with zero attached hydrogens (tertiary/aromatic N) is 3. The number of anilines is 1. The molecule has 1 aromatic carbocycles. The van der Waals surface area contributed by atoms with Gasteiger partial charge in [-0.3, -0.25) is 4.79 Å². The first-order valence-electron chi connectivity index (χ1n) is 8.88. The number of nitrogens with one attached hydrogen (secondary N) is 2. The van der Waals surface area contributed by atoms with Crippen LogP contribution in [0.2, 0.25) is 5.02 Å². The van der Waals surface area contributed by atoms with E-state index in [9.17, 15) is 9.18 Å². The average Bonchev–Trinajstić information content (AvgIpc) is 3.33. The Morgan fingerprint density at radius 1 is 1.39 bits per heavy atom. The minimum absolute atomic E-state index is 0.120. The molecule has 28 heavy (non-hydrogen) atoms. The lowest BCUT2D eigenvalue weighted by atomic mass is 10.0. The van der Waals surface area contributed by atoms with Crippen LogP contribution in [0.4, 0.5) is 10.2 Å². The molecule has 0 aliphatic carbocycles. The van der Waals surface area contributed by atoms with E-state index in [2.05, 4.69) is 20.7 Å². The predicted octanol–water partition coefficient (Wildman–Crippen LogP) is 3.06. The van der Waals surface area contributed by atoms with Crippen molar-refractivity contribution in [2.45, 2.75) is 19.4 Å². The molecule has 1 fully saturated rings. The van der Waals surface area contributed by atoms with E-state index in [0.717, 1.165) is 6.42 Å². The molecule has 1 amide bonds. The number of amides is 1. The van der Waals surface area contributed by atoms with Crippen LogP contribution in [-0.4, -0.2) is 46.8 Å². The molecule has 9 heteroatoms. The van der Waals surface area contributed by atoms with Crippen molar-refractivity contribution < 1.29 is 13.9 Å². The van der Waals surface area contributed by atoms with Gasteiger partial charge in [-0.25, -0.2) is 13.9 Å². The van der Waals surface area contributed by atoms with Gasteiger partial charge < -0.3 is 15.4 Å². The largest absolute Gasteiger partial charge is 0.379 e. The Bertz CT molecular complexity index is 1060. The van der Waals surface area contributed by atoms with Gasteiger partial charge in [-0.1, -0.05) is 11.6 Å². The van der Waals surface area contributed by atoms with Crippen molar-refractivity contribution in [3.63, 3.8) is 0 Å². The van der Waals surface area contributed by atoms with E-state index in [1.807, 2.05) is 0 Å². The highest BCUT2D eigenvalue weighted by molar-refractivity contribution is 6.32. The topological polar surface area (TPSA) is 80.6 Å². The summed E-state index contributed by atoms with van der Waals surface area (Å²) in [5.74, 6) is -0.218. The number of aryl methyl sites for hydroxylation is 1. The van der Waals surface area contributed by atoms with Crippen molar-refractivity contribution in [3.8, 4) is 11.1 Å². The van der Waals surface area contributed by atoms with E-state index in [4.69, 9.17) is 16.3 Å². The number of hydrogen-bond donors (Lipinski definition) is 2. The van der Waals surface area contributed by atoms with Crippen LogP contribution in [0.1, 0.15) is 22.3 Å². The number of hydrogen-bond acceptors (Lipinski definition) is 5. The molecule has 1 aliphatic rings. The smallest absolute Gasteiger partial charge is 0.251 e. The van der Waals surface area contributed by atoms with Crippen LogP contribution in [0.25, 0.3) is 16.8 Å². The molecule has 0 spiro atoms. The minimum Gasteiger partial charge on any atom is -0.379 e. The van der Waals surface area contributed by atoms with Gasteiger partial charge >= 0.3 is 0 Å². The molecule has 1 saturated heterocycles. The molecule has 1 atom stereocenters. The lowest BCUT2D eigenvalue weighted by Crippen LogP contribution is -2.20. The second kappa shape index (κ2) is 7.37. The van der Waals surface area contributed by atoms with Gasteiger partial charge in [0.25, 0.3) is 5.91 Å². The van der Waals surface area contributed by atoms with Crippen molar-refractivity contribution in [2.24, 2.45) is 0 Å². The Morgan fingerprint density at radius 2 is 2.21 bits per heavy atom. The van der Waals surface area contributed by atoms with Gasteiger partial charge in [-0.15, -0.1) is 0 Å². The Morgan fingerprint density at radius 3 is 2.93 bits per heavy atom. The molecule has 7 nitrogen and oxygen atoms in total. The maximum Gasteiger partial charge on any atom is 0.251 e. The Labute approximate surface area is 165 Å². The minimum atomic E-state index is -0.419. The molecule has 3 aromatic rings. The summed E-state index contributed by atoms with van der Waals surface area (Å²) in [6.45, 7) is 2.89. The number of rotatable bonds is 4. The first-order valence-corrected chi connectivity index (χ1v) is 9.26. The normalized spacial score (nSPS) is 16.5. The fourth-order valence-electron chi connectivity index (χ4n) is 3.26. The van der Waals surface area contributed by atoms with E-state index >= 15 is 0 Å². The SMILES string of the molecule is CNC(=O)c1cc(C)c(F)c(-c2cnn3cc(Cl)c(N[C@H]4CCOC4)nc23)c1. The molecule has 0 bridgehead atoms. The van der Waals surface area contributed by atoms with Gasteiger partial charge in [0.05, 0.1) is 25.0 Å². The summed E-state index contributed by atoms with van der Waals surface area (Å²) in [6.07, 6.45) is 4.00. The van der Waals surface area contributed by atoms with Crippen molar-refractivity contribution >= 4 is 29.0 Å². The van der Waals surface area contributed by atoms with Crippen molar-refractivity contribution in [1.29, 1.82) is 0 Å². The number of halogens is 2. The highest BCUT2D eigenvalue weighted by Crippen LogP contribution is 2.31. The number of carbonyl (C=O) groups excluding carboxylic acids is 1. The highest BCUT2D eigenvalue weighted by atomic mass is 35.5.